The van der Waals surface area contributed by atoms with Gasteiger partial charge in [0.15, 0.2) is 0 Å². The summed E-state index contributed by atoms with van der Waals surface area (Å²) in [5.41, 5.74) is 5.47. The van der Waals surface area contributed by atoms with Crippen molar-refractivity contribution < 1.29 is 9.59 Å². The van der Waals surface area contributed by atoms with Crippen LogP contribution >= 0.6 is 0 Å². The van der Waals surface area contributed by atoms with Crippen LogP contribution in [0.25, 0.3) is 5.69 Å². The lowest BCUT2D eigenvalue weighted by Gasteiger charge is -2.21. The van der Waals surface area contributed by atoms with E-state index >= 15 is 0 Å². The van der Waals surface area contributed by atoms with Gasteiger partial charge in [0.05, 0.1) is 5.69 Å². The molecule has 0 radical (unpaired) electrons. The van der Waals surface area contributed by atoms with Gasteiger partial charge in [0.2, 0.25) is 5.91 Å². The normalized spacial score (nSPS) is 11.0. The average Bonchev–Trinajstić information content (AvgIpc) is 3.06. The summed E-state index contributed by atoms with van der Waals surface area (Å²) in [7, 11) is 0. The molecule has 0 aliphatic heterocycles. The Labute approximate surface area is 127 Å². The maximum atomic E-state index is 12.0. The molecule has 8 nitrogen and oxygen atoms in total. The van der Waals surface area contributed by atoms with Crippen molar-refractivity contribution in [3.05, 3.63) is 36.2 Å². The van der Waals surface area contributed by atoms with E-state index < -0.39 is 5.41 Å². The molecule has 0 saturated carbocycles. The predicted molar refractivity (Wildman–Crippen MR) is 78.8 cm³/mol. The first-order valence-electron chi connectivity index (χ1n) is 6.88. The van der Waals surface area contributed by atoms with E-state index in [0.717, 1.165) is 5.69 Å². The monoisotopic (exact) mass is 302 g/mol. The summed E-state index contributed by atoms with van der Waals surface area (Å²) < 4.78 is 1.48. The van der Waals surface area contributed by atoms with Crippen molar-refractivity contribution in [2.24, 2.45) is 5.41 Å². The Morgan fingerprint density at radius 2 is 1.86 bits per heavy atom. The Hall–Kier alpha value is -2.77. The zero-order chi connectivity index (χ0) is 16.2. The van der Waals surface area contributed by atoms with E-state index in [0.29, 0.717) is 12.0 Å². The van der Waals surface area contributed by atoms with Crippen molar-refractivity contribution in [2.75, 3.05) is 0 Å². The molecule has 0 unspecified atom stereocenters. The topological polar surface area (TPSA) is 102 Å². The summed E-state index contributed by atoms with van der Waals surface area (Å²) in [5, 5.41) is 10.8. The van der Waals surface area contributed by atoms with Crippen LogP contribution < -0.4 is 10.9 Å². The van der Waals surface area contributed by atoms with Gasteiger partial charge in [-0.3, -0.25) is 20.4 Å². The van der Waals surface area contributed by atoms with Gasteiger partial charge in [0.1, 0.15) is 6.33 Å². The van der Waals surface area contributed by atoms with Gasteiger partial charge in [-0.1, -0.05) is 20.8 Å². The second kappa shape index (κ2) is 6.33. The number of hydrazine groups is 1. The molecule has 0 aliphatic carbocycles. The van der Waals surface area contributed by atoms with E-state index in [9.17, 15) is 9.59 Å². The van der Waals surface area contributed by atoms with Crippen LogP contribution in [-0.2, 0) is 4.79 Å². The van der Waals surface area contributed by atoms with Crippen LogP contribution in [-0.4, -0.2) is 32.0 Å². The first kappa shape index (κ1) is 15.6. The third-order valence-electron chi connectivity index (χ3n) is 3.53. The molecule has 0 bridgehead atoms. The second-order valence-corrected chi connectivity index (χ2v) is 5.45. The number of benzene rings is 1. The molecular weight excluding hydrogens is 284 g/mol. The van der Waals surface area contributed by atoms with Crippen molar-refractivity contribution >= 4 is 11.8 Å². The number of hydrogen-bond donors (Lipinski definition) is 2. The first-order chi connectivity index (χ1) is 10.4. The highest BCUT2D eigenvalue weighted by Gasteiger charge is 2.25. The smallest absolute Gasteiger partial charge is 0.269 e. The largest absolute Gasteiger partial charge is 0.273 e. The number of carbonyl (C=O) groups is 2. The molecule has 2 aromatic rings. The number of hydrogen-bond acceptors (Lipinski definition) is 5. The van der Waals surface area contributed by atoms with Gasteiger partial charge in [-0.15, -0.1) is 5.10 Å². The van der Waals surface area contributed by atoms with Gasteiger partial charge in [0.25, 0.3) is 5.91 Å². The maximum Gasteiger partial charge on any atom is 0.269 e. The number of nitrogens with one attached hydrogen (secondary N) is 2. The second-order valence-electron chi connectivity index (χ2n) is 5.45. The van der Waals surface area contributed by atoms with E-state index in [1.165, 1.54) is 11.0 Å². The summed E-state index contributed by atoms with van der Waals surface area (Å²) >= 11 is 0. The number of nitrogens with zero attached hydrogens (tertiary/aromatic N) is 4. The number of rotatable bonds is 4. The lowest BCUT2D eigenvalue weighted by molar-refractivity contribution is -0.130. The van der Waals surface area contributed by atoms with Gasteiger partial charge < -0.3 is 0 Å². The Kier molecular flexibility index (Phi) is 4.50. The maximum absolute atomic E-state index is 12.0. The summed E-state index contributed by atoms with van der Waals surface area (Å²) in [6.45, 7) is 5.55. The fourth-order valence-corrected chi connectivity index (χ4v) is 1.56. The molecule has 22 heavy (non-hydrogen) atoms. The Bertz CT molecular complexity index is 648. The van der Waals surface area contributed by atoms with Gasteiger partial charge in [-0.25, -0.2) is 4.68 Å². The lowest BCUT2D eigenvalue weighted by atomic mass is 9.90. The zero-order valence-corrected chi connectivity index (χ0v) is 12.7. The predicted octanol–water partition coefficient (Wildman–Crippen LogP) is 0.859. The third kappa shape index (κ3) is 3.46. The lowest BCUT2D eigenvalue weighted by Crippen LogP contribution is -2.47. The molecule has 8 heteroatoms. The Morgan fingerprint density at radius 1 is 1.18 bits per heavy atom. The summed E-state index contributed by atoms with van der Waals surface area (Å²) in [6.07, 6.45) is 2.14. The van der Waals surface area contributed by atoms with Gasteiger partial charge in [0, 0.05) is 11.0 Å². The van der Waals surface area contributed by atoms with Gasteiger partial charge in [-0.2, -0.15) is 0 Å². The Morgan fingerprint density at radius 3 is 2.41 bits per heavy atom. The highest BCUT2D eigenvalue weighted by atomic mass is 16.2. The number of tetrazole rings is 1. The summed E-state index contributed by atoms with van der Waals surface area (Å²) in [4.78, 5) is 23.9. The molecule has 116 valence electrons. The quantitative estimate of drug-likeness (QED) is 0.816. The summed E-state index contributed by atoms with van der Waals surface area (Å²) in [5.74, 6) is -0.614. The number of carbonyl (C=O) groups excluding carboxylic acids is 2. The minimum absolute atomic E-state index is 0.228. The van der Waals surface area contributed by atoms with E-state index in [2.05, 4.69) is 26.4 Å². The van der Waals surface area contributed by atoms with E-state index in [1.54, 1.807) is 24.3 Å². The minimum atomic E-state index is -0.531. The third-order valence-corrected chi connectivity index (χ3v) is 3.53. The fraction of sp³-hybridized carbons (Fsp3) is 0.357. The molecule has 2 amide bonds. The molecule has 0 atom stereocenters. The van der Waals surface area contributed by atoms with Crippen molar-refractivity contribution in [3.63, 3.8) is 0 Å². The first-order valence-corrected chi connectivity index (χ1v) is 6.88. The van der Waals surface area contributed by atoms with Crippen molar-refractivity contribution in [1.29, 1.82) is 0 Å². The zero-order valence-electron chi connectivity index (χ0n) is 12.7. The van der Waals surface area contributed by atoms with Gasteiger partial charge in [-0.05, 0) is 41.1 Å². The Balaban J connectivity index is 1.97. The minimum Gasteiger partial charge on any atom is -0.273 e. The molecule has 0 spiro atoms. The van der Waals surface area contributed by atoms with Crippen LogP contribution in [0.15, 0.2) is 30.6 Å². The molecule has 0 fully saturated rings. The number of aromatic nitrogens is 4. The average molecular weight is 302 g/mol. The van der Waals surface area contributed by atoms with Crippen LogP contribution in [0.5, 0.6) is 0 Å². The van der Waals surface area contributed by atoms with E-state index in [-0.39, 0.29) is 11.8 Å². The highest BCUT2D eigenvalue weighted by Crippen LogP contribution is 2.18. The van der Waals surface area contributed by atoms with Crippen molar-refractivity contribution in [3.8, 4) is 5.69 Å². The molecule has 2 N–H and O–H groups in total. The fourth-order valence-electron chi connectivity index (χ4n) is 1.56. The van der Waals surface area contributed by atoms with Crippen LogP contribution in [0.4, 0.5) is 0 Å². The van der Waals surface area contributed by atoms with Crippen LogP contribution in [0, 0.1) is 5.41 Å². The van der Waals surface area contributed by atoms with Crippen molar-refractivity contribution in [1.82, 2.24) is 31.1 Å². The van der Waals surface area contributed by atoms with Crippen LogP contribution in [0.2, 0.25) is 0 Å². The van der Waals surface area contributed by atoms with Crippen LogP contribution in [0.1, 0.15) is 37.6 Å². The molecule has 1 aromatic heterocycles. The molecule has 1 aromatic carbocycles. The SMILES string of the molecule is CCC(C)(C)C(=O)NNC(=O)c1ccc(-n2cnnn2)cc1. The van der Waals surface area contributed by atoms with Crippen LogP contribution in [0.3, 0.4) is 0 Å². The summed E-state index contributed by atoms with van der Waals surface area (Å²) in [6, 6.07) is 6.68. The standard InChI is InChI=1S/C14H18N6O2/c1-4-14(2,3)13(22)17-16-12(21)10-5-7-11(8-6-10)20-9-15-18-19-20/h5-9H,4H2,1-3H3,(H,16,21)(H,17,22). The van der Waals surface area contributed by atoms with E-state index in [4.69, 9.17) is 0 Å². The molecule has 2 rings (SSSR count). The molecule has 0 saturated heterocycles. The van der Waals surface area contributed by atoms with E-state index in [1.807, 2.05) is 20.8 Å². The van der Waals surface area contributed by atoms with Gasteiger partial charge >= 0.3 is 0 Å². The molecule has 1 heterocycles. The molecule has 0 aliphatic rings. The van der Waals surface area contributed by atoms with Crippen molar-refractivity contribution in [2.45, 2.75) is 27.2 Å². The number of amides is 2. The molecular formula is C14H18N6O2. The highest BCUT2D eigenvalue weighted by molar-refractivity contribution is 5.96.